The Balaban J connectivity index is 2.26. The third-order valence-corrected chi connectivity index (χ3v) is 9.33. The van der Waals surface area contributed by atoms with Gasteiger partial charge >= 0.3 is 5.97 Å². The molecule has 5 nitrogen and oxygen atoms in total. The van der Waals surface area contributed by atoms with Gasteiger partial charge in [-0.15, -0.1) is 0 Å². The number of likely N-dealkylation sites (tertiary alicyclic amines) is 1. The highest BCUT2D eigenvalue weighted by Crippen LogP contribution is 2.52. The molecule has 36 heavy (non-hydrogen) atoms. The fourth-order valence-electron chi connectivity index (χ4n) is 5.20. The fraction of sp³-hybridized carbons (Fsp3) is 0.500. The van der Waals surface area contributed by atoms with Crippen LogP contribution in [0.25, 0.3) is 0 Å². The number of benzene rings is 2. The molecule has 196 valence electrons. The summed E-state index contributed by atoms with van der Waals surface area (Å²) in [5, 5.41) is 10.9. The summed E-state index contributed by atoms with van der Waals surface area (Å²) in [6, 6.07) is 14.2. The maximum Gasteiger partial charge on any atom is 0.304 e. The van der Waals surface area contributed by atoms with Gasteiger partial charge in [0.05, 0.1) is 23.9 Å². The predicted molar refractivity (Wildman–Crippen MR) is 147 cm³/mol. The minimum absolute atomic E-state index is 0.00126. The number of carbonyl (C=O) groups is 2. The lowest BCUT2D eigenvalue weighted by molar-refractivity contribution is -0.161. The van der Waals surface area contributed by atoms with Gasteiger partial charge in [-0.1, -0.05) is 68.2 Å². The van der Waals surface area contributed by atoms with Crippen molar-refractivity contribution in [2.45, 2.75) is 70.7 Å². The van der Waals surface area contributed by atoms with E-state index in [9.17, 15) is 19.2 Å². The zero-order chi connectivity index (χ0) is 26.8. The first-order valence-electron chi connectivity index (χ1n) is 12.3. The van der Waals surface area contributed by atoms with Crippen molar-refractivity contribution in [1.82, 2.24) is 4.90 Å². The molecule has 1 amide bonds. The Labute approximate surface area is 227 Å². The van der Waals surface area contributed by atoms with Crippen LogP contribution in [-0.4, -0.2) is 43.5 Å². The van der Waals surface area contributed by atoms with E-state index in [4.69, 9.17) is 23.2 Å². The summed E-state index contributed by atoms with van der Waals surface area (Å²) < 4.78 is 13.1. The fourth-order valence-corrected chi connectivity index (χ4v) is 6.79. The van der Waals surface area contributed by atoms with Gasteiger partial charge in [-0.3, -0.25) is 9.59 Å². The second-order valence-electron chi connectivity index (χ2n) is 10.6. The summed E-state index contributed by atoms with van der Waals surface area (Å²) in [4.78, 5) is 28.1. The van der Waals surface area contributed by atoms with Crippen molar-refractivity contribution in [2.75, 3.05) is 5.75 Å². The molecule has 1 aliphatic heterocycles. The molecule has 5 atom stereocenters. The number of nitrogens with zero attached hydrogens (tertiary/aromatic N) is 1. The van der Waals surface area contributed by atoms with E-state index in [1.807, 2.05) is 62.9 Å². The van der Waals surface area contributed by atoms with E-state index in [1.54, 1.807) is 25.1 Å². The average Bonchev–Trinajstić information content (AvgIpc) is 2.79. The monoisotopic (exact) mass is 551 g/mol. The highest BCUT2D eigenvalue weighted by Gasteiger charge is 2.53. The van der Waals surface area contributed by atoms with Gasteiger partial charge in [0.1, 0.15) is 11.0 Å². The molecule has 1 saturated heterocycles. The standard InChI is InChI=1S/C28H35Cl2NO4S/c1-17(2)24(16-36(35)18(3)4)31-26(19-9-11-21(29)12-10-19)23(20-7-6-8-22(30)13-20)14-28(5,27(31)34)15-25(32)33/h6-13,17-18,23-24,26H,14-16H2,1-5H3,(H,32,33)/t23-,24?,26?,28-,36?/m1/s1. The zero-order valence-electron chi connectivity index (χ0n) is 21.4. The lowest BCUT2D eigenvalue weighted by atomic mass is 9.66. The lowest BCUT2D eigenvalue weighted by Crippen LogP contribution is -2.59. The molecule has 0 spiro atoms. The van der Waals surface area contributed by atoms with Crippen molar-refractivity contribution in [1.29, 1.82) is 0 Å². The molecule has 0 radical (unpaired) electrons. The molecule has 0 aromatic heterocycles. The molecule has 3 unspecified atom stereocenters. The van der Waals surface area contributed by atoms with Crippen LogP contribution in [-0.2, 0) is 20.8 Å². The molecule has 0 saturated carbocycles. The summed E-state index contributed by atoms with van der Waals surface area (Å²) >= 11 is 11.4. The van der Waals surface area contributed by atoms with Crippen LogP contribution in [0.2, 0.25) is 10.0 Å². The summed E-state index contributed by atoms with van der Waals surface area (Å²) in [5.74, 6) is -1.15. The zero-order valence-corrected chi connectivity index (χ0v) is 23.7. The van der Waals surface area contributed by atoms with Crippen LogP contribution in [0.3, 0.4) is 0 Å². The number of hydrogen-bond donors (Lipinski definition) is 1. The minimum Gasteiger partial charge on any atom is -0.616 e. The maximum absolute atomic E-state index is 14.3. The third-order valence-electron chi connectivity index (χ3n) is 7.12. The number of aliphatic carboxylic acids is 1. The van der Waals surface area contributed by atoms with Gasteiger partial charge < -0.3 is 14.6 Å². The van der Waals surface area contributed by atoms with Crippen LogP contribution in [0.1, 0.15) is 70.5 Å². The Morgan fingerprint density at radius 1 is 1.11 bits per heavy atom. The highest BCUT2D eigenvalue weighted by atomic mass is 35.5. The number of carboxylic acid groups (broad SMARTS) is 1. The van der Waals surface area contributed by atoms with Gasteiger partial charge in [-0.2, -0.15) is 0 Å². The second-order valence-corrected chi connectivity index (χ2v) is 13.5. The molecule has 1 N–H and O–H groups in total. The topological polar surface area (TPSA) is 80.7 Å². The van der Waals surface area contributed by atoms with E-state index < -0.39 is 28.6 Å². The van der Waals surface area contributed by atoms with Crippen molar-refractivity contribution in [3.63, 3.8) is 0 Å². The molecule has 1 fully saturated rings. The summed E-state index contributed by atoms with van der Waals surface area (Å²) in [5.41, 5.74) is 0.703. The molecule has 0 aliphatic carbocycles. The number of halogens is 2. The molecule has 1 heterocycles. The Hall–Kier alpha value is -1.73. The number of piperidine rings is 1. The van der Waals surface area contributed by atoms with Crippen molar-refractivity contribution in [2.24, 2.45) is 11.3 Å². The lowest BCUT2D eigenvalue weighted by Gasteiger charge is -2.52. The molecular weight excluding hydrogens is 517 g/mol. The van der Waals surface area contributed by atoms with Crippen molar-refractivity contribution < 1.29 is 19.2 Å². The van der Waals surface area contributed by atoms with Crippen molar-refractivity contribution in [3.05, 3.63) is 69.7 Å². The molecule has 3 rings (SSSR count). The van der Waals surface area contributed by atoms with Crippen molar-refractivity contribution in [3.8, 4) is 0 Å². The Bertz CT molecular complexity index is 1080. The first-order chi connectivity index (χ1) is 16.8. The van der Waals surface area contributed by atoms with E-state index >= 15 is 0 Å². The quantitative estimate of drug-likeness (QED) is 0.351. The third kappa shape index (κ3) is 6.39. The Morgan fingerprint density at radius 3 is 2.28 bits per heavy atom. The second kappa shape index (κ2) is 11.8. The first-order valence-corrected chi connectivity index (χ1v) is 14.4. The normalized spacial score (nSPS) is 24.3. The Morgan fingerprint density at radius 2 is 1.75 bits per heavy atom. The van der Waals surface area contributed by atoms with E-state index in [2.05, 4.69) is 0 Å². The van der Waals surface area contributed by atoms with E-state index in [0.717, 1.165) is 11.1 Å². The van der Waals surface area contributed by atoms with Gasteiger partial charge in [-0.25, -0.2) is 0 Å². The van der Waals surface area contributed by atoms with Gasteiger partial charge in [0, 0.05) is 16.0 Å². The number of amides is 1. The van der Waals surface area contributed by atoms with Crippen molar-refractivity contribution >= 4 is 46.3 Å². The van der Waals surface area contributed by atoms with E-state index in [1.165, 1.54) is 0 Å². The minimum atomic E-state index is -1.16. The number of hydrogen-bond acceptors (Lipinski definition) is 3. The van der Waals surface area contributed by atoms with E-state index in [-0.39, 0.29) is 35.5 Å². The van der Waals surface area contributed by atoms with Crippen LogP contribution in [0.4, 0.5) is 0 Å². The molecule has 2 aromatic rings. The average molecular weight is 553 g/mol. The van der Waals surface area contributed by atoms with Gasteiger partial charge in [-0.05, 0) is 72.8 Å². The van der Waals surface area contributed by atoms with Gasteiger partial charge in [0.25, 0.3) is 0 Å². The molecule has 2 aromatic carbocycles. The summed E-state index contributed by atoms with van der Waals surface area (Å²) in [6.45, 7) is 9.60. The smallest absolute Gasteiger partial charge is 0.304 e. The maximum atomic E-state index is 14.3. The first kappa shape index (κ1) is 28.8. The van der Waals surface area contributed by atoms with Crippen LogP contribution < -0.4 is 0 Å². The Kier molecular flexibility index (Phi) is 9.42. The van der Waals surface area contributed by atoms with Gasteiger partial charge in [0.2, 0.25) is 5.91 Å². The van der Waals surface area contributed by atoms with E-state index in [0.29, 0.717) is 22.2 Å². The summed E-state index contributed by atoms with van der Waals surface area (Å²) in [7, 11) is 0. The largest absolute Gasteiger partial charge is 0.616 e. The summed E-state index contributed by atoms with van der Waals surface area (Å²) in [6.07, 6.45) is 0.0607. The predicted octanol–water partition coefficient (Wildman–Crippen LogP) is 6.71. The van der Waals surface area contributed by atoms with Gasteiger partial charge in [0.15, 0.2) is 0 Å². The SMILES string of the molecule is CC(C)C(C[S+]([O-])C(C)C)N1C(=O)[C@@](C)(CC(=O)O)C[C@H](c2cccc(Cl)c2)C1c1ccc(Cl)cc1. The number of carbonyl (C=O) groups excluding carboxylic acids is 1. The number of rotatable bonds is 9. The molecule has 8 heteroatoms. The highest BCUT2D eigenvalue weighted by molar-refractivity contribution is 7.92. The van der Waals surface area contributed by atoms with Crippen LogP contribution in [0.5, 0.6) is 0 Å². The number of carboxylic acids is 1. The van der Waals surface area contributed by atoms with Crippen LogP contribution in [0, 0.1) is 11.3 Å². The van der Waals surface area contributed by atoms with Crippen LogP contribution in [0.15, 0.2) is 48.5 Å². The van der Waals surface area contributed by atoms with Crippen LogP contribution >= 0.6 is 23.2 Å². The molecular formula is C28H35Cl2NO4S. The molecule has 1 aliphatic rings. The molecule has 0 bridgehead atoms.